The first-order valence-corrected chi connectivity index (χ1v) is 22.5. The van der Waals surface area contributed by atoms with Crippen molar-refractivity contribution in [3.05, 3.63) is 76.0 Å². The second-order valence-electron chi connectivity index (χ2n) is 15.7. The monoisotopic (exact) mass is 844 g/mol. The summed E-state index contributed by atoms with van der Waals surface area (Å²) in [7, 11) is 1.72. The highest BCUT2D eigenvalue weighted by atomic mass is 32.2. The number of piperidine rings is 2. The molecule has 3 amide bonds. The molecule has 0 radical (unpaired) electrons. The fraction of sp³-hybridized carbons (Fsp3) is 0.500. The van der Waals surface area contributed by atoms with Crippen LogP contribution in [0.25, 0.3) is 6.08 Å². The molecule has 1 aromatic carbocycles. The molecule has 2 fully saturated rings. The molecule has 2 unspecified atom stereocenters. The number of rotatable bonds is 15. The van der Waals surface area contributed by atoms with Gasteiger partial charge in [-0.05, 0) is 69.0 Å². The molecule has 58 heavy (non-hydrogen) atoms. The Balaban J connectivity index is 0.931. The Labute approximate surface area is 352 Å². The van der Waals surface area contributed by atoms with Crippen LogP contribution in [-0.4, -0.2) is 93.2 Å². The number of oxazole rings is 1. The summed E-state index contributed by atoms with van der Waals surface area (Å²) in [6, 6.07) is 9.53. The van der Waals surface area contributed by atoms with E-state index in [9.17, 15) is 19.6 Å². The molecule has 0 aliphatic carbocycles. The summed E-state index contributed by atoms with van der Waals surface area (Å²) in [4.78, 5) is 58.8. The summed E-state index contributed by atoms with van der Waals surface area (Å²) in [6.45, 7) is 11.2. The molecule has 2 aliphatic rings. The van der Waals surface area contributed by atoms with Crippen LogP contribution in [0, 0.1) is 17.2 Å². The topological polar surface area (TPSA) is 158 Å². The van der Waals surface area contributed by atoms with E-state index in [1.54, 1.807) is 47.7 Å². The smallest absolute Gasteiger partial charge is 0.264 e. The first kappa shape index (κ1) is 43.0. The van der Waals surface area contributed by atoms with Crippen LogP contribution < -0.4 is 10.1 Å². The van der Waals surface area contributed by atoms with E-state index in [1.807, 2.05) is 35.2 Å². The summed E-state index contributed by atoms with van der Waals surface area (Å²) in [5.41, 5.74) is 0.869. The Kier molecular flexibility index (Phi) is 14.8. The van der Waals surface area contributed by atoms with Gasteiger partial charge in [0.2, 0.25) is 11.8 Å². The zero-order valence-electron chi connectivity index (χ0n) is 33.8. The van der Waals surface area contributed by atoms with Crippen molar-refractivity contribution in [2.45, 2.75) is 93.7 Å². The first-order chi connectivity index (χ1) is 27.9. The van der Waals surface area contributed by atoms with Gasteiger partial charge in [0.05, 0.1) is 28.4 Å². The van der Waals surface area contributed by atoms with Crippen molar-refractivity contribution in [1.82, 2.24) is 29.7 Å². The Bertz CT molecular complexity index is 2060. The Morgan fingerprint density at radius 1 is 1.12 bits per heavy atom. The largest absolute Gasteiger partial charge is 0.484 e. The van der Waals surface area contributed by atoms with E-state index in [4.69, 9.17) is 9.15 Å². The molecule has 308 valence electrons. The SMILES string of the molecule is CCCC(c1ccc(OCC(=O)N2CCCC(N3CCC(C(=O)Nc4ncc(SCc5ncc(C(C)(C)C)o5)s4)CC3)C2)cc1)N(C)C(=O)/C(C#N)=C/c1nccs1. The number of ether oxygens (including phenoxy) is 1. The molecule has 16 heteroatoms. The predicted molar refractivity (Wildman–Crippen MR) is 227 cm³/mol. The highest BCUT2D eigenvalue weighted by Gasteiger charge is 2.33. The number of thiazole rings is 2. The average molecular weight is 845 g/mol. The van der Waals surface area contributed by atoms with E-state index in [2.05, 4.69) is 52.9 Å². The number of amides is 3. The molecular formula is C42H52N8O5S3. The van der Waals surface area contributed by atoms with Crippen LogP contribution in [0.5, 0.6) is 5.75 Å². The van der Waals surface area contributed by atoms with E-state index in [0.29, 0.717) is 40.6 Å². The molecule has 0 bridgehead atoms. The molecular weight excluding hydrogens is 793 g/mol. The standard InChI is InChI=1S/C42H52N8O5S3/c1-6-8-33(48(5)40(53)30(22-43)21-36-44-16-20-56-36)28-10-12-32(13-11-28)54-26-37(51)50-17-7-9-31(25-50)49-18-14-29(15-19-49)39(52)47-41-46-24-38(58-41)57-27-35-45-23-34(55-35)42(2,3)4/h10-13,16,20-21,23-24,29,31,33H,6-9,14-15,17-19,25-27H2,1-5H3,(H,46,47,52)/b30-21+. The second kappa shape index (κ2) is 19.9. The summed E-state index contributed by atoms with van der Waals surface area (Å²) < 4.78 is 12.8. The van der Waals surface area contributed by atoms with Gasteiger partial charge in [-0.2, -0.15) is 5.26 Å². The number of carbonyl (C=O) groups excluding carboxylic acids is 3. The van der Waals surface area contributed by atoms with Crippen molar-refractivity contribution in [1.29, 1.82) is 5.26 Å². The van der Waals surface area contributed by atoms with Crippen LogP contribution in [-0.2, 0) is 25.6 Å². The summed E-state index contributed by atoms with van der Waals surface area (Å²) in [6.07, 6.45) is 11.7. The molecule has 2 aliphatic heterocycles. The zero-order chi connectivity index (χ0) is 41.2. The number of nitrogens with zero attached hydrogens (tertiary/aromatic N) is 7. The lowest BCUT2D eigenvalue weighted by atomic mass is 9.93. The van der Waals surface area contributed by atoms with Crippen molar-refractivity contribution in [3.8, 4) is 11.8 Å². The van der Waals surface area contributed by atoms with Crippen molar-refractivity contribution in [3.63, 3.8) is 0 Å². The lowest BCUT2D eigenvalue weighted by Gasteiger charge is -2.42. The highest BCUT2D eigenvalue weighted by Crippen LogP contribution is 2.33. The van der Waals surface area contributed by atoms with Gasteiger partial charge < -0.3 is 24.3 Å². The van der Waals surface area contributed by atoms with Gasteiger partial charge in [0, 0.05) is 49.1 Å². The molecule has 1 N–H and O–H groups in total. The van der Waals surface area contributed by atoms with E-state index >= 15 is 0 Å². The molecule has 3 aromatic heterocycles. The maximum Gasteiger partial charge on any atom is 0.264 e. The number of nitrogens with one attached hydrogen (secondary N) is 1. The molecule has 13 nitrogen and oxygen atoms in total. The van der Waals surface area contributed by atoms with Crippen LogP contribution in [0.2, 0.25) is 0 Å². The number of thioether (sulfide) groups is 1. The Hall–Kier alpha value is -4.56. The fourth-order valence-electron chi connectivity index (χ4n) is 7.24. The highest BCUT2D eigenvalue weighted by molar-refractivity contribution is 8.00. The van der Waals surface area contributed by atoms with Gasteiger partial charge in [-0.1, -0.05) is 57.6 Å². The van der Waals surface area contributed by atoms with Gasteiger partial charge >= 0.3 is 0 Å². The number of hydrogen-bond acceptors (Lipinski definition) is 13. The van der Waals surface area contributed by atoms with Gasteiger partial charge in [0.25, 0.3) is 11.8 Å². The van der Waals surface area contributed by atoms with Gasteiger partial charge in [-0.15, -0.1) is 23.1 Å². The minimum Gasteiger partial charge on any atom is -0.484 e. The number of aromatic nitrogens is 3. The Morgan fingerprint density at radius 2 is 1.90 bits per heavy atom. The minimum atomic E-state index is -0.358. The Morgan fingerprint density at radius 3 is 2.57 bits per heavy atom. The van der Waals surface area contributed by atoms with E-state index in [-0.39, 0.29) is 53.3 Å². The maximum absolute atomic E-state index is 13.3. The molecule has 4 aromatic rings. The van der Waals surface area contributed by atoms with Crippen LogP contribution in [0.15, 0.2) is 62.4 Å². The van der Waals surface area contributed by atoms with Gasteiger partial charge in [-0.3, -0.25) is 19.3 Å². The number of anilines is 1. The number of nitriles is 1. The summed E-state index contributed by atoms with van der Waals surface area (Å²) >= 11 is 4.42. The second-order valence-corrected chi connectivity index (χ2v) is 18.9. The van der Waals surface area contributed by atoms with E-state index < -0.39 is 0 Å². The van der Waals surface area contributed by atoms with Gasteiger partial charge in [-0.25, -0.2) is 15.0 Å². The molecule has 0 saturated carbocycles. The molecule has 5 heterocycles. The lowest BCUT2D eigenvalue weighted by molar-refractivity contribution is -0.135. The van der Waals surface area contributed by atoms with E-state index in [0.717, 1.165) is 67.1 Å². The van der Waals surface area contributed by atoms with Crippen LogP contribution >= 0.6 is 34.4 Å². The zero-order valence-corrected chi connectivity index (χ0v) is 36.3. The van der Waals surface area contributed by atoms with Gasteiger partial charge in [0.15, 0.2) is 11.7 Å². The number of likely N-dealkylation sites (N-methyl/N-ethyl adjacent to an activating group) is 1. The number of likely N-dealkylation sites (tertiary alicyclic amines) is 2. The number of hydrogen-bond donors (Lipinski definition) is 1. The third-order valence-corrected chi connectivity index (χ3v) is 13.4. The predicted octanol–water partition coefficient (Wildman–Crippen LogP) is 7.80. The van der Waals surface area contributed by atoms with Crippen LogP contribution in [0.3, 0.4) is 0 Å². The maximum atomic E-state index is 13.3. The lowest BCUT2D eigenvalue weighted by Crippen LogP contribution is -2.53. The number of benzene rings is 1. The summed E-state index contributed by atoms with van der Waals surface area (Å²) in [5.74, 6) is 2.22. The fourth-order valence-corrected chi connectivity index (χ4v) is 9.53. The van der Waals surface area contributed by atoms with Crippen molar-refractivity contribution < 1.29 is 23.5 Å². The average Bonchev–Trinajstić information content (AvgIpc) is 4.03. The normalized spacial score (nSPS) is 17.4. The van der Waals surface area contributed by atoms with Crippen molar-refractivity contribution in [2.24, 2.45) is 5.92 Å². The third kappa shape index (κ3) is 11.3. The van der Waals surface area contributed by atoms with Crippen molar-refractivity contribution in [2.75, 3.05) is 45.2 Å². The molecule has 6 rings (SSSR count). The van der Waals surface area contributed by atoms with Crippen molar-refractivity contribution >= 4 is 63.4 Å². The quantitative estimate of drug-likeness (QED) is 0.0707. The molecule has 2 saturated heterocycles. The minimum absolute atomic E-state index is 0.00739. The first-order valence-electron chi connectivity index (χ1n) is 19.8. The summed E-state index contributed by atoms with van der Waals surface area (Å²) in [5, 5.41) is 15.7. The van der Waals surface area contributed by atoms with Crippen LogP contribution in [0.1, 0.15) is 94.5 Å². The molecule has 0 spiro atoms. The van der Waals surface area contributed by atoms with E-state index in [1.165, 1.54) is 28.7 Å². The van der Waals surface area contributed by atoms with Crippen LogP contribution in [0.4, 0.5) is 5.13 Å². The van der Waals surface area contributed by atoms with Gasteiger partial charge in [0.1, 0.15) is 28.2 Å². The number of carbonyl (C=O) groups is 3. The molecule has 2 atom stereocenters. The third-order valence-electron chi connectivity index (χ3n) is 10.6.